The minimum Gasteiger partial charge on any atom is -0.487 e. The van der Waals surface area contributed by atoms with Crippen LogP contribution >= 0.6 is 0 Å². The topological polar surface area (TPSA) is 86.2 Å². The maximum absolute atomic E-state index is 12.6. The number of benzene rings is 2. The summed E-state index contributed by atoms with van der Waals surface area (Å²) in [6.45, 7) is 0.870. The van der Waals surface area contributed by atoms with Crippen LogP contribution in [0, 0.1) is 0 Å². The molecule has 0 aliphatic carbocycles. The molecular weight excluding hydrogens is 461 g/mol. The van der Waals surface area contributed by atoms with E-state index in [0.717, 1.165) is 24.1 Å². The van der Waals surface area contributed by atoms with Crippen molar-refractivity contribution in [2.24, 2.45) is 0 Å². The van der Waals surface area contributed by atoms with Crippen LogP contribution in [0.25, 0.3) is 12.2 Å². The highest BCUT2D eigenvalue weighted by Crippen LogP contribution is 2.29. The van der Waals surface area contributed by atoms with E-state index in [4.69, 9.17) is 9.15 Å². The lowest BCUT2D eigenvalue weighted by atomic mass is 10.0. The predicted molar refractivity (Wildman–Crippen MR) is 122 cm³/mol. The fourth-order valence-electron chi connectivity index (χ4n) is 3.32. The normalized spacial score (nSPS) is 12.8. The first kappa shape index (κ1) is 24.2. The minimum absolute atomic E-state index is 0.178. The van der Waals surface area contributed by atoms with Gasteiger partial charge in [-0.3, -0.25) is 4.68 Å². The first-order chi connectivity index (χ1) is 16.9. The summed E-state index contributed by atoms with van der Waals surface area (Å²) in [6, 6.07) is 12.0. The van der Waals surface area contributed by atoms with E-state index in [1.165, 1.54) is 18.4 Å². The quantitative estimate of drug-likeness (QED) is 0.318. The molecule has 35 heavy (non-hydrogen) atoms. The molecule has 0 aliphatic rings. The van der Waals surface area contributed by atoms with Crippen molar-refractivity contribution in [3.63, 3.8) is 0 Å². The molecule has 2 aromatic heterocycles. The number of alkyl halides is 3. The second-order valence-electron chi connectivity index (χ2n) is 7.81. The summed E-state index contributed by atoms with van der Waals surface area (Å²) >= 11 is 0. The van der Waals surface area contributed by atoms with Crippen molar-refractivity contribution in [2.75, 3.05) is 0 Å². The van der Waals surface area contributed by atoms with E-state index in [9.17, 15) is 18.3 Å². The van der Waals surface area contributed by atoms with Crippen LogP contribution < -0.4 is 4.74 Å². The summed E-state index contributed by atoms with van der Waals surface area (Å²) in [4.78, 5) is 4.29. The molecule has 0 amide bonds. The Morgan fingerprint density at radius 3 is 2.51 bits per heavy atom. The molecule has 2 aromatic carbocycles. The maximum Gasteiger partial charge on any atom is 0.416 e. The van der Waals surface area contributed by atoms with Crippen LogP contribution in [-0.4, -0.2) is 25.1 Å². The van der Waals surface area contributed by atoms with Gasteiger partial charge >= 0.3 is 6.18 Å². The number of hydrogen-bond donors (Lipinski definition) is 1. The van der Waals surface area contributed by atoms with E-state index in [0.29, 0.717) is 35.9 Å². The number of rotatable bonds is 10. The molecule has 0 radical (unpaired) electrons. The summed E-state index contributed by atoms with van der Waals surface area (Å²) in [5.74, 6) is 0.932. The second kappa shape index (κ2) is 11.0. The zero-order valence-corrected chi connectivity index (χ0v) is 18.6. The van der Waals surface area contributed by atoms with Crippen molar-refractivity contribution in [2.45, 2.75) is 38.3 Å². The van der Waals surface area contributed by atoms with Crippen molar-refractivity contribution < 1.29 is 27.4 Å². The van der Waals surface area contributed by atoms with E-state index < -0.39 is 17.8 Å². The lowest BCUT2D eigenvalue weighted by Crippen LogP contribution is -2.03. The number of oxazole rings is 1. The Kier molecular flexibility index (Phi) is 7.61. The van der Waals surface area contributed by atoms with Crippen LogP contribution in [0.4, 0.5) is 13.2 Å². The van der Waals surface area contributed by atoms with E-state index in [1.807, 2.05) is 12.1 Å². The molecule has 10 heteroatoms. The SMILES string of the molecule is OC(CCCn1ccnn1)c1ccc(OCc2coc(/C=C/c3ccc(C(F)(F)F)cc3)n2)cc1. The van der Waals surface area contributed by atoms with Crippen molar-refractivity contribution in [3.05, 3.63) is 95.5 Å². The van der Waals surface area contributed by atoms with Gasteiger partial charge in [-0.2, -0.15) is 13.2 Å². The van der Waals surface area contributed by atoms with Gasteiger partial charge in [-0.1, -0.05) is 29.5 Å². The van der Waals surface area contributed by atoms with E-state index in [1.54, 1.807) is 41.4 Å². The third-order valence-electron chi connectivity index (χ3n) is 5.21. The van der Waals surface area contributed by atoms with Crippen LogP contribution in [0.1, 0.15) is 47.2 Å². The van der Waals surface area contributed by atoms with Crippen molar-refractivity contribution in [1.82, 2.24) is 20.0 Å². The number of hydrogen-bond acceptors (Lipinski definition) is 6. The molecule has 0 fully saturated rings. The molecule has 1 N–H and O–H groups in total. The van der Waals surface area contributed by atoms with Gasteiger partial charge in [0.05, 0.1) is 17.9 Å². The highest BCUT2D eigenvalue weighted by molar-refractivity contribution is 5.66. The van der Waals surface area contributed by atoms with E-state index in [2.05, 4.69) is 15.3 Å². The Bertz CT molecular complexity index is 1220. The second-order valence-corrected chi connectivity index (χ2v) is 7.81. The summed E-state index contributed by atoms with van der Waals surface area (Å²) in [7, 11) is 0. The van der Waals surface area contributed by atoms with Crippen molar-refractivity contribution in [3.8, 4) is 5.75 Å². The number of aliphatic hydroxyl groups is 1. The lowest BCUT2D eigenvalue weighted by Gasteiger charge is -2.12. The van der Waals surface area contributed by atoms with E-state index in [-0.39, 0.29) is 6.61 Å². The Labute approximate surface area is 199 Å². The van der Waals surface area contributed by atoms with Gasteiger partial charge in [-0.15, -0.1) is 5.10 Å². The Morgan fingerprint density at radius 2 is 1.83 bits per heavy atom. The van der Waals surface area contributed by atoms with Gasteiger partial charge in [-0.05, 0) is 54.3 Å². The molecular formula is C25H23F3N4O3. The minimum atomic E-state index is -4.36. The fourth-order valence-corrected chi connectivity index (χ4v) is 3.32. The third-order valence-corrected chi connectivity index (χ3v) is 5.21. The number of aromatic nitrogens is 4. The monoisotopic (exact) mass is 484 g/mol. The van der Waals surface area contributed by atoms with Gasteiger partial charge < -0.3 is 14.3 Å². The molecule has 1 atom stereocenters. The summed E-state index contributed by atoms with van der Waals surface area (Å²) in [5, 5.41) is 18.0. The van der Waals surface area contributed by atoms with E-state index >= 15 is 0 Å². The molecule has 4 aromatic rings. The van der Waals surface area contributed by atoms with Gasteiger partial charge in [0, 0.05) is 18.8 Å². The number of aryl methyl sites for hydroxylation is 1. The molecule has 2 heterocycles. The number of aliphatic hydroxyl groups excluding tert-OH is 1. The lowest BCUT2D eigenvalue weighted by molar-refractivity contribution is -0.137. The molecule has 0 saturated heterocycles. The molecule has 0 spiro atoms. The van der Waals surface area contributed by atoms with Gasteiger partial charge in [0.1, 0.15) is 24.3 Å². The number of nitrogens with zero attached hydrogens (tertiary/aromatic N) is 4. The van der Waals surface area contributed by atoms with Crippen LogP contribution in [-0.2, 0) is 19.3 Å². The Morgan fingerprint density at radius 1 is 1.06 bits per heavy atom. The summed E-state index contributed by atoms with van der Waals surface area (Å²) < 4.78 is 50.7. The van der Waals surface area contributed by atoms with Crippen LogP contribution in [0.2, 0.25) is 0 Å². The highest BCUT2D eigenvalue weighted by Gasteiger charge is 2.29. The maximum atomic E-state index is 12.6. The first-order valence-corrected chi connectivity index (χ1v) is 10.9. The molecule has 4 rings (SSSR count). The molecule has 7 nitrogen and oxygen atoms in total. The smallest absolute Gasteiger partial charge is 0.416 e. The van der Waals surface area contributed by atoms with Gasteiger partial charge in [0.15, 0.2) is 0 Å². The standard InChI is InChI=1S/C25H23F3N4O3/c26-25(27,28)20-8-3-18(4-9-20)5-12-24-30-21(17-35-24)16-34-22-10-6-19(7-11-22)23(33)2-1-14-32-15-13-29-31-32/h3-13,15,17,23,33H,1-2,14,16H2/b12-5+. The van der Waals surface area contributed by atoms with Gasteiger partial charge in [0.2, 0.25) is 5.89 Å². The Hall–Kier alpha value is -3.92. The average Bonchev–Trinajstić information content (AvgIpc) is 3.54. The molecule has 0 aliphatic heterocycles. The average molecular weight is 484 g/mol. The first-order valence-electron chi connectivity index (χ1n) is 10.9. The zero-order chi connectivity index (χ0) is 24.7. The largest absolute Gasteiger partial charge is 0.487 e. The highest BCUT2D eigenvalue weighted by atomic mass is 19.4. The van der Waals surface area contributed by atoms with Crippen LogP contribution in [0.3, 0.4) is 0 Å². The molecule has 182 valence electrons. The van der Waals surface area contributed by atoms with Gasteiger partial charge in [0.25, 0.3) is 0 Å². The Balaban J connectivity index is 1.24. The predicted octanol–water partition coefficient (Wildman–Crippen LogP) is 5.55. The third kappa shape index (κ3) is 7.03. The van der Waals surface area contributed by atoms with Crippen LogP contribution in [0.5, 0.6) is 5.75 Å². The number of ether oxygens (including phenoxy) is 1. The fraction of sp³-hybridized carbons (Fsp3) is 0.240. The van der Waals surface area contributed by atoms with Gasteiger partial charge in [-0.25, -0.2) is 4.98 Å². The summed E-state index contributed by atoms with van der Waals surface area (Å²) in [6.07, 6.45) is 4.48. The molecule has 0 saturated carbocycles. The molecule has 0 bridgehead atoms. The number of halogens is 3. The molecule has 1 unspecified atom stereocenters. The van der Waals surface area contributed by atoms with Crippen LogP contribution in [0.15, 0.2) is 71.6 Å². The van der Waals surface area contributed by atoms with Crippen molar-refractivity contribution >= 4 is 12.2 Å². The van der Waals surface area contributed by atoms with Crippen molar-refractivity contribution in [1.29, 1.82) is 0 Å². The summed E-state index contributed by atoms with van der Waals surface area (Å²) in [5.41, 5.74) is 1.26. The zero-order valence-electron chi connectivity index (χ0n) is 18.6.